The fraction of sp³-hybridized carbons (Fsp3) is 0.507. The Hall–Kier alpha value is -8.19. The largest absolute Gasteiger partial charge is 0.491 e. The first-order valence-electron chi connectivity index (χ1n) is 33.9. The second kappa shape index (κ2) is 37.0. The van der Waals surface area contributed by atoms with Gasteiger partial charge in [0.2, 0.25) is 11.8 Å². The number of amides is 1. The molecule has 1 amide bonds. The van der Waals surface area contributed by atoms with Crippen molar-refractivity contribution in [1.29, 1.82) is 0 Å². The monoisotopic (exact) mass is 1360 g/mol. The molecule has 4 saturated heterocycles. The smallest absolute Gasteiger partial charge is 0.407 e. The highest BCUT2D eigenvalue weighted by atomic mass is 35.5. The number of nitrogens with zero attached hydrogens (tertiary/aromatic N) is 9. The number of anilines is 4. The Kier molecular flexibility index (Phi) is 28.4. The Morgan fingerprint density at radius 3 is 1.57 bits per heavy atom. The molecule has 4 aliphatic rings. The number of furan rings is 1. The van der Waals surface area contributed by atoms with Crippen LogP contribution in [0.1, 0.15) is 98.0 Å². The van der Waals surface area contributed by atoms with Crippen LogP contribution >= 0.6 is 12.4 Å². The Balaban J connectivity index is 0.000000196. The van der Waals surface area contributed by atoms with Crippen molar-refractivity contribution in [2.24, 2.45) is 17.6 Å². The number of carbonyl (C=O) groups is 2. The minimum Gasteiger partial charge on any atom is -0.491 e. The van der Waals surface area contributed by atoms with Crippen LogP contribution in [0.25, 0.3) is 28.3 Å². The predicted molar refractivity (Wildman–Crippen MR) is 384 cm³/mol. The van der Waals surface area contributed by atoms with E-state index in [-0.39, 0.29) is 42.2 Å². The number of piperidine rings is 4. The van der Waals surface area contributed by atoms with Crippen LogP contribution in [0.2, 0.25) is 0 Å². The highest BCUT2D eigenvalue weighted by Crippen LogP contribution is 2.36. The number of hydrogen-bond acceptors (Lipinski definition) is 20. The van der Waals surface area contributed by atoms with Crippen molar-refractivity contribution in [2.75, 3.05) is 134 Å². The van der Waals surface area contributed by atoms with Crippen LogP contribution in [0.4, 0.5) is 27.8 Å². The fourth-order valence-electron chi connectivity index (χ4n) is 12.1. The summed E-state index contributed by atoms with van der Waals surface area (Å²) in [6.07, 6.45) is 11.9. The number of alkyl carbamates (subject to hydrolysis) is 1. The highest BCUT2D eigenvalue weighted by Gasteiger charge is 2.41. The number of fused-ring (bicyclic) bond motifs is 3. The number of ether oxygens (including phenoxy) is 7. The average molecular weight is 1360 g/mol. The third-order valence-corrected chi connectivity index (χ3v) is 17.8. The molecule has 97 heavy (non-hydrogen) atoms. The SMILES string of the molecule is CC1CCNCC1.COCCOc1ccc(N2CCC(CC(=O)C(C)(c3ccccc3)n3ncc4c3nc(N)n3nc(-c5ccco5)nc43)CC2)cc1.COCCOc1ccc(N2CCC(N)CC2)cc1.COCCOc1ccc(N2CCC(NC(=O)OC(C)(C)C)CC2)cc1.Cl. The van der Waals surface area contributed by atoms with E-state index >= 15 is 0 Å². The number of rotatable bonds is 22. The van der Waals surface area contributed by atoms with Crippen molar-refractivity contribution in [3.8, 4) is 28.8 Å². The summed E-state index contributed by atoms with van der Waals surface area (Å²) in [5.74, 6) is 4.89. The number of nitrogens with one attached hydrogen (secondary N) is 2. The fourth-order valence-corrected chi connectivity index (χ4v) is 12.1. The van der Waals surface area contributed by atoms with E-state index in [9.17, 15) is 9.59 Å². The van der Waals surface area contributed by atoms with Crippen molar-refractivity contribution in [3.63, 3.8) is 0 Å². The zero-order chi connectivity index (χ0) is 67.9. The number of halogens is 1. The van der Waals surface area contributed by atoms with Crippen LogP contribution in [0.15, 0.2) is 132 Å². The molecule has 526 valence electrons. The van der Waals surface area contributed by atoms with Crippen LogP contribution in [0.5, 0.6) is 17.2 Å². The molecular weight excluding hydrogens is 1250 g/mol. The topological polar surface area (TPSA) is 259 Å². The molecule has 0 radical (unpaired) electrons. The molecule has 0 bridgehead atoms. The molecule has 0 saturated carbocycles. The summed E-state index contributed by atoms with van der Waals surface area (Å²) in [7, 11) is 5.00. The van der Waals surface area contributed by atoms with Gasteiger partial charge in [0.15, 0.2) is 22.8 Å². The molecule has 8 heterocycles. The predicted octanol–water partition coefficient (Wildman–Crippen LogP) is 11.3. The van der Waals surface area contributed by atoms with Crippen molar-refractivity contribution >= 4 is 64.0 Å². The maximum Gasteiger partial charge on any atom is 0.407 e. The molecule has 24 heteroatoms. The summed E-state index contributed by atoms with van der Waals surface area (Å²) in [6, 6.07) is 38.4. The van der Waals surface area contributed by atoms with E-state index in [0.717, 1.165) is 112 Å². The van der Waals surface area contributed by atoms with Gasteiger partial charge in [0.05, 0.1) is 37.7 Å². The van der Waals surface area contributed by atoms with E-state index in [1.165, 1.54) is 41.8 Å². The molecule has 0 spiro atoms. The Labute approximate surface area is 577 Å². The lowest BCUT2D eigenvalue weighted by Crippen LogP contribution is -2.46. The van der Waals surface area contributed by atoms with Crippen LogP contribution in [0.3, 0.4) is 0 Å². The molecule has 1 atom stereocenters. The van der Waals surface area contributed by atoms with Gasteiger partial charge in [0.25, 0.3) is 0 Å². The number of Topliss-reactive ketones (excluding diaryl/α,β-unsaturated/α-hetero) is 1. The summed E-state index contributed by atoms with van der Waals surface area (Å²) >= 11 is 0. The zero-order valence-electron chi connectivity index (χ0n) is 57.9. The van der Waals surface area contributed by atoms with Crippen molar-refractivity contribution in [2.45, 2.75) is 116 Å². The van der Waals surface area contributed by atoms with E-state index in [0.29, 0.717) is 80.4 Å². The highest BCUT2D eigenvalue weighted by molar-refractivity contribution is 5.95. The van der Waals surface area contributed by atoms with Gasteiger partial charge in [0, 0.05) is 96.2 Å². The maximum absolute atomic E-state index is 14.5. The van der Waals surface area contributed by atoms with Crippen LogP contribution < -0.4 is 51.0 Å². The van der Waals surface area contributed by atoms with Crippen LogP contribution in [0, 0.1) is 11.8 Å². The number of carbonyl (C=O) groups excluding carboxylic acids is 2. The van der Waals surface area contributed by atoms with Gasteiger partial charge in [-0.3, -0.25) is 4.79 Å². The summed E-state index contributed by atoms with van der Waals surface area (Å²) in [4.78, 5) is 42.8. The van der Waals surface area contributed by atoms with Gasteiger partial charge in [-0.05, 0) is 194 Å². The number of hydrogen-bond donors (Lipinski definition) is 4. The minimum atomic E-state index is -1.12. The van der Waals surface area contributed by atoms with Gasteiger partial charge in [-0.25, -0.2) is 14.5 Å². The van der Waals surface area contributed by atoms with E-state index < -0.39 is 11.1 Å². The van der Waals surface area contributed by atoms with E-state index in [4.69, 9.17) is 54.1 Å². The van der Waals surface area contributed by atoms with Gasteiger partial charge >= 0.3 is 6.09 Å². The van der Waals surface area contributed by atoms with Crippen molar-refractivity contribution in [3.05, 3.63) is 133 Å². The minimum absolute atomic E-state index is 0. The van der Waals surface area contributed by atoms with Gasteiger partial charge in [-0.2, -0.15) is 14.6 Å². The molecule has 4 aliphatic heterocycles. The molecule has 4 aromatic heterocycles. The summed E-state index contributed by atoms with van der Waals surface area (Å²) in [6.45, 7) is 21.4. The Morgan fingerprint density at radius 1 is 0.619 bits per heavy atom. The number of nitrogens with two attached hydrogens (primary N) is 2. The molecule has 6 N–H and O–H groups in total. The lowest BCUT2D eigenvalue weighted by atomic mass is 9.81. The third-order valence-electron chi connectivity index (χ3n) is 17.8. The first-order chi connectivity index (χ1) is 46.5. The quantitative estimate of drug-likeness (QED) is 0.0460. The lowest BCUT2D eigenvalue weighted by molar-refractivity contribution is -0.126. The zero-order valence-corrected chi connectivity index (χ0v) is 58.7. The standard InChI is InChI=1S/C34H36N8O4.C19H30N2O4.C14H22N2O2.C6H13N.ClH/c1-34(24-7-4-3-5-8-24,29(43)21-23-14-16-40(17-15-23)25-10-12-26(13-11-25)45-20-19-44-2)42-32-27(22-36-42)31-37-30(28-9-6-18-46-28)39-41(31)33(35)38-32;1-19(2,3)25-18(22)20-15-9-11-21(12-10-15)16-5-7-17(8-6-16)24-14-13-23-4;1-17-10-11-18-14-4-2-13(3-5-14)16-8-6-12(15)7-9-16;1-6-2-4-7-5-3-6;/h3-13,18,22-23H,14-17,19-21H2,1-2H3,(H2,35,38);5-8,15H,9-14H2,1-4H3,(H,20,22);2-5,12H,6-11,15H2,1H3;6-7H,2-5H2,1H3;1H. The molecular formula is C73H102ClN13O10. The molecule has 8 aromatic rings. The first kappa shape index (κ1) is 74.6. The van der Waals surface area contributed by atoms with E-state index in [2.05, 4.69) is 83.7 Å². The number of aromatic nitrogens is 6. The van der Waals surface area contributed by atoms with Gasteiger partial charge in [-0.15, -0.1) is 17.5 Å². The molecule has 4 fully saturated rings. The van der Waals surface area contributed by atoms with Gasteiger partial charge < -0.3 is 74.4 Å². The van der Waals surface area contributed by atoms with E-state index in [1.54, 1.807) is 50.6 Å². The molecule has 23 nitrogen and oxygen atoms in total. The van der Waals surface area contributed by atoms with Crippen LogP contribution in [-0.4, -0.2) is 172 Å². The van der Waals surface area contributed by atoms with E-state index in [1.807, 2.05) is 94.4 Å². The first-order valence-corrected chi connectivity index (χ1v) is 33.9. The van der Waals surface area contributed by atoms with Gasteiger partial charge in [-0.1, -0.05) is 37.3 Å². The molecule has 0 aliphatic carbocycles. The molecule has 12 rings (SSSR count). The number of nitrogen functional groups attached to an aromatic ring is 1. The second-order valence-corrected chi connectivity index (χ2v) is 26.1. The maximum atomic E-state index is 14.5. The summed E-state index contributed by atoms with van der Waals surface area (Å²) < 4.78 is 45.8. The average Bonchev–Trinajstić information content (AvgIpc) is 1.58. The Bertz CT molecular complexity index is 3580. The van der Waals surface area contributed by atoms with Gasteiger partial charge in [0.1, 0.15) is 48.2 Å². The number of methoxy groups -OCH3 is 3. The molecule has 1 unspecified atom stereocenters. The second-order valence-electron chi connectivity index (χ2n) is 26.1. The summed E-state index contributed by atoms with van der Waals surface area (Å²) in [5.41, 5.74) is 16.1. The third kappa shape index (κ3) is 21.4. The summed E-state index contributed by atoms with van der Waals surface area (Å²) in [5, 5.41) is 16.2. The number of ketones is 1. The normalized spacial score (nSPS) is 16.3. The van der Waals surface area contributed by atoms with Crippen molar-refractivity contribution in [1.82, 2.24) is 40.0 Å². The van der Waals surface area contributed by atoms with Crippen LogP contribution in [-0.2, 0) is 29.3 Å². The van der Waals surface area contributed by atoms with Crippen molar-refractivity contribution < 1.29 is 47.2 Å². The number of benzene rings is 4. The lowest BCUT2D eigenvalue weighted by Gasteiger charge is -2.36. The molecule has 4 aromatic carbocycles. The Morgan fingerprint density at radius 2 is 1.11 bits per heavy atom.